The van der Waals surface area contributed by atoms with Crippen molar-refractivity contribution >= 4 is 14.4 Å². The molecule has 0 radical (unpaired) electrons. The third-order valence-electron chi connectivity index (χ3n) is 7.58. The second kappa shape index (κ2) is 10.7. The Kier molecular flexibility index (Phi) is 8.77. The molecule has 0 aromatic heterocycles. The average Bonchev–Trinajstić information content (AvgIpc) is 3.34. The number of fused-ring (bicyclic) bond motifs is 2. The number of benzene rings is 1. The molecule has 0 saturated heterocycles. The summed E-state index contributed by atoms with van der Waals surface area (Å²) < 4.78 is 3.99. The van der Waals surface area contributed by atoms with Gasteiger partial charge in [0.05, 0.1) is 0 Å². The Hall–Kier alpha value is 0.186. The van der Waals surface area contributed by atoms with E-state index in [9.17, 15) is 0 Å². The standard InChI is InChI=1S/2C9H11.C7H8Ge.2ClH.Zr/c2*1-2-5-9-7-3-6-8(9)4-1;1-8-7-5-3-2-4-6-7;;;/h2*1-2,4-6,8-9H,3,7H2;2-6H,1H3;2*1H;/q;;;;;+2/p-2. The fourth-order valence-corrected chi connectivity index (χ4v) is 47.3. The van der Waals surface area contributed by atoms with Crippen molar-refractivity contribution < 1.29 is 43.4 Å². The van der Waals surface area contributed by atoms with E-state index in [2.05, 4.69) is 84.7 Å². The predicted octanol–water partition coefficient (Wildman–Crippen LogP) is 0.0225. The molecule has 6 atom stereocenters. The molecule has 1 aromatic rings. The number of allylic oxidation sites excluding steroid dienone is 8. The molecule has 0 N–H and O–H groups in total. The SMILES string of the molecule is [CH3][Ge]([c]1ccccc1)=[Zr+2]([CH]1CCC2C=CC=CC21)[CH]1CCC2C=CC=CC21.[Cl-].[Cl-]. The summed E-state index contributed by atoms with van der Waals surface area (Å²) in [6.07, 6.45) is 25.6. The van der Waals surface area contributed by atoms with Gasteiger partial charge in [-0.3, -0.25) is 0 Å². The predicted molar refractivity (Wildman–Crippen MR) is 114 cm³/mol. The summed E-state index contributed by atoms with van der Waals surface area (Å²) in [5, 5.41) is 0. The fourth-order valence-electron chi connectivity index (χ4n) is 6.32. The summed E-state index contributed by atoms with van der Waals surface area (Å²) in [7, 11) is -1.17. The van der Waals surface area contributed by atoms with Crippen LogP contribution in [-0.2, 0) is 18.6 Å². The smallest absolute Gasteiger partial charge is 1.00 e. The van der Waals surface area contributed by atoms with Crippen molar-refractivity contribution in [3.8, 4) is 0 Å². The molecule has 2 saturated carbocycles. The number of halogens is 2. The molecule has 2 fully saturated rings. The van der Waals surface area contributed by atoms with Crippen molar-refractivity contribution in [2.24, 2.45) is 23.7 Å². The van der Waals surface area contributed by atoms with E-state index in [1.54, 1.807) is 4.40 Å². The van der Waals surface area contributed by atoms with Crippen LogP contribution in [0.2, 0.25) is 13.0 Å². The van der Waals surface area contributed by atoms with Crippen molar-refractivity contribution in [1.29, 1.82) is 0 Å². The molecule has 0 aliphatic heterocycles. The third-order valence-corrected chi connectivity index (χ3v) is 43.1. The molecule has 0 nitrogen and oxygen atoms in total. The van der Waals surface area contributed by atoms with Crippen LogP contribution in [0.15, 0.2) is 78.9 Å². The Bertz CT molecular complexity index is 809. The summed E-state index contributed by atoms with van der Waals surface area (Å²) in [5.41, 5.74) is 0. The van der Waals surface area contributed by atoms with Crippen LogP contribution in [0, 0.1) is 23.7 Å². The first-order valence-corrected chi connectivity index (χ1v) is 24.2. The van der Waals surface area contributed by atoms with E-state index in [4.69, 9.17) is 0 Å². The largest absolute Gasteiger partial charge is 1.00 e. The van der Waals surface area contributed by atoms with Crippen LogP contribution in [0.3, 0.4) is 0 Å². The summed E-state index contributed by atoms with van der Waals surface area (Å²) in [4.78, 5) is 0. The zero-order valence-electron chi connectivity index (χ0n) is 17.1. The number of hydrogen-bond donors (Lipinski definition) is 0. The molecule has 6 unspecified atom stereocenters. The average molecular weight is 565 g/mol. The summed E-state index contributed by atoms with van der Waals surface area (Å²) in [6.45, 7) is 0. The van der Waals surface area contributed by atoms with Gasteiger partial charge in [0, 0.05) is 0 Å². The summed E-state index contributed by atoms with van der Waals surface area (Å²) in [5.74, 6) is 6.26. The monoisotopic (exact) mass is 564 g/mol. The molecular weight excluding hydrogens is 535 g/mol. The van der Waals surface area contributed by atoms with Crippen molar-refractivity contribution in [2.75, 3.05) is 0 Å². The Morgan fingerprint density at radius 1 is 0.690 bits per heavy atom. The van der Waals surface area contributed by atoms with Crippen LogP contribution >= 0.6 is 0 Å². The molecule has 1 aromatic carbocycles. The van der Waals surface area contributed by atoms with Gasteiger partial charge in [-0.1, -0.05) is 0 Å². The van der Waals surface area contributed by atoms with E-state index in [0.29, 0.717) is 0 Å². The number of rotatable bonds is 3. The van der Waals surface area contributed by atoms with E-state index >= 15 is 0 Å². The van der Waals surface area contributed by atoms with Crippen molar-refractivity contribution in [1.82, 2.24) is 0 Å². The molecule has 5 rings (SSSR count). The van der Waals surface area contributed by atoms with Crippen LogP contribution in [0.4, 0.5) is 0 Å². The molecule has 0 bridgehead atoms. The second-order valence-corrected chi connectivity index (χ2v) is 35.3. The molecule has 4 heteroatoms. The zero-order valence-corrected chi connectivity index (χ0v) is 23.1. The van der Waals surface area contributed by atoms with Gasteiger partial charge in [-0.15, -0.1) is 0 Å². The van der Waals surface area contributed by atoms with Crippen LogP contribution in [0.5, 0.6) is 0 Å². The van der Waals surface area contributed by atoms with Crippen LogP contribution in [0.25, 0.3) is 0 Å². The summed E-state index contributed by atoms with van der Waals surface area (Å²) >= 11 is -1.60. The first-order chi connectivity index (χ1) is 13.3. The summed E-state index contributed by atoms with van der Waals surface area (Å²) in [6, 6.07) is 11.8. The molecule has 4 aliphatic rings. The van der Waals surface area contributed by atoms with Gasteiger partial charge in [0.15, 0.2) is 0 Å². The Morgan fingerprint density at radius 3 is 1.69 bits per heavy atom. The van der Waals surface area contributed by atoms with E-state index in [1.165, 1.54) is 25.7 Å². The third kappa shape index (κ3) is 4.69. The number of hydrogen-bond acceptors (Lipinski definition) is 0. The van der Waals surface area contributed by atoms with Gasteiger partial charge in [-0.2, -0.15) is 0 Å². The molecule has 0 amide bonds. The van der Waals surface area contributed by atoms with E-state index in [1.807, 2.05) is 0 Å². The van der Waals surface area contributed by atoms with Gasteiger partial charge in [-0.25, -0.2) is 0 Å². The van der Waals surface area contributed by atoms with Crippen molar-refractivity contribution in [2.45, 2.75) is 38.7 Å². The van der Waals surface area contributed by atoms with Gasteiger partial charge in [-0.05, 0) is 0 Å². The van der Waals surface area contributed by atoms with Gasteiger partial charge < -0.3 is 24.8 Å². The molecule has 29 heavy (non-hydrogen) atoms. The Morgan fingerprint density at radius 2 is 1.17 bits per heavy atom. The Labute approximate surface area is 197 Å². The maximum atomic E-state index is 2.77. The van der Waals surface area contributed by atoms with Crippen LogP contribution in [-0.4, -0.2) is 9.98 Å². The molecule has 152 valence electrons. The van der Waals surface area contributed by atoms with Crippen LogP contribution < -0.4 is 29.2 Å². The van der Waals surface area contributed by atoms with Gasteiger partial charge in [0.2, 0.25) is 0 Å². The maximum Gasteiger partial charge on any atom is -1.00 e. The molecular formula is C25H30Cl2GeZr. The van der Waals surface area contributed by atoms with E-state index in [-0.39, 0.29) is 24.8 Å². The fraction of sp³-hybridized carbons (Fsp3) is 0.440. The molecule has 0 spiro atoms. The minimum atomic E-state index is -1.60. The maximum absolute atomic E-state index is 2.77. The van der Waals surface area contributed by atoms with Crippen molar-refractivity contribution in [3.05, 3.63) is 78.9 Å². The first-order valence-electron chi connectivity index (χ1n) is 10.8. The topological polar surface area (TPSA) is 0 Å². The Balaban J connectivity index is 0.00000120. The van der Waals surface area contributed by atoms with Gasteiger partial charge in [0.1, 0.15) is 0 Å². The quantitative estimate of drug-likeness (QED) is 0.454. The van der Waals surface area contributed by atoms with E-state index < -0.39 is 28.6 Å². The zero-order chi connectivity index (χ0) is 18.2. The minimum Gasteiger partial charge on any atom is -1.00 e. The second-order valence-electron chi connectivity index (χ2n) is 8.84. The van der Waals surface area contributed by atoms with Gasteiger partial charge in [0.25, 0.3) is 0 Å². The first kappa shape index (κ1) is 23.8. The van der Waals surface area contributed by atoms with Crippen LogP contribution in [0.1, 0.15) is 25.7 Å². The molecule has 4 aliphatic carbocycles. The van der Waals surface area contributed by atoms with E-state index in [0.717, 1.165) is 30.9 Å². The van der Waals surface area contributed by atoms with Gasteiger partial charge >= 0.3 is 174 Å². The minimum absolute atomic E-state index is 0. The van der Waals surface area contributed by atoms with Crippen molar-refractivity contribution in [3.63, 3.8) is 0 Å². The normalized spacial score (nSPS) is 33.1. The molecule has 0 heterocycles.